The predicted octanol–water partition coefficient (Wildman–Crippen LogP) is 3.65. The molecule has 0 aliphatic carbocycles. The van der Waals surface area contributed by atoms with E-state index in [0.717, 1.165) is 4.47 Å². The Morgan fingerprint density at radius 3 is 2.27 bits per heavy atom. The molecule has 1 aromatic heterocycles. The van der Waals surface area contributed by atoms with E-state index < -0.39 is 5.97 Å². The maximum atomic E-state index is 12.6. The highest BCUT2D eigenvalue weighted by molar-refractivity contribution is 9.10. The minimum Gasteiger partial charge on any atom is -0.426 e. The maximum absolute atomic E-state index is 12.6. The molecule has 3 rings (SSSR count). The monoisotopic (exact) mass is 414 g/mol. The molecule has 1 heterocycles. The van der Waals surface area contributed by atoms with Gasteiger partial charge < -0.3 is 4.74 Å². The van der Waals surface area contributed by atoms with Crippen LogP contribution in [0.1, 0.15) is 18.6 Å². The number of esters is 1. The van der Waals surface area contributed by atoms with Crippen LogP contribution in [0.15, 0.2) is 63.9 Å². The highest BCUT2D eigenvalue weighted by atomic mass is 79.9. The molecule has 0 unspecified atom stereocenters. The van der Waals surface area contributed by atoms with E-state index in [1.807, 2.05) is 0 Å². The summed E-state index contributed by atoms with van der Waals surface area (Å²) in [4.78, 5) is 36.3. The summed E-state index contributed by atoms with van der Waals surface area (Å²) in [6.45, 7) is 2.66. The normalized spacial score (nSPS) is 10.6. The first kappa shape index (κ1) is 17.9. The van der Waals surface area contributed by atoms with E-state index in [4.69, 9.17) is 4.74 Å². The van der Waals surface area contributed by atoms with Gasteiger partial charge in [0.05, 0.1) is 11.4 Å². The van der Waals surface area contributed by atoms with E-state index in [1.54, 1.807) is 48.5 Å². The third-order valence-electron chi connectivity index (χ3n) is 3.68. The molecule has 0 bridgehead atoms. The van der Waals surface area contributed by atoms with Crippen molar-refractivity contribution in [3.05, 3.63) is 69.4 Å². The Bertz CT molecular complexity index is 1050. The van der Waals surface area contributed by atoms with Gasteiger partial charge in [-0.1, -0.05) is 28.1 Å². The lowest BCUT2D eigenvalue weighted by Crippen LogP contribution is -2.24. The molecule has 3 aromatic rings. The highest BCUT2D eigenvalue weighted by Gasteiger charge is 2.20. The zero-order chi connectivity index (χ0) is 18.8. The van der Waals surface area contributed by atoms with Gasteiger partial charge in [0, 0.05) is 30.0 Å². The van der Waals surface area contributed by atoms with Crippen molar-refractivity contribution in [2.45, 2.75) is 13.8 Å². The summed E-state index contributed by atoms with van der Waals surface area (Å²) >= 11 is 3.35. The fourth-order valence-electron chi connectivity index (χ4n) is 2.69. The van der Waals surface area contributed by atoms with Gasteiger partial charge in [-0.25, -0.2) is 9.36 Å². The summed E-state index contributed by atoms with van der Waals surface area (Å²) < 4.78 is 8.64. The summed E-state index contributed by atoms with van der Waals surface area (Å²) in [6, 6.07) is 15.1. The van der Waals surface area contributed by atoms with Gasteiger partial charge in [0.15, 0.2) is 0 Å². The second kappa shape index (κ2) is 7.13. The first-order valence-corrected chi connectivity index (χ1v) is 8.57. The molecule has 0 atom stereocenters. The Hall–Kier alpha value is -2.93. The lowest BCUT2D eigenvalue weighted by molar-refractivity contribution is -0.131. The molecule has 0 radical (unpaired) electrons. The summed E-state index contributed by atoms with van der Waals surface area (Å²) in [6.07, 6.45) is 0. The number of hydrogen-bond acceptors (Lipinski definition) is 4. The van der Waals surface area contributed by atoms with Crippen LogP contribution in [-0.2, 0) is 4.79 Å². The average Bonchev–Trinajstić information content (AvgIpc) is 2.93. The zero-order valence-corrected chi connectivity index (χ0v) is 15.7. The number of carbonyl (C=O) groups excluding carboxylic acids is 2. The SMILES string of the molecule is CC(=O)Oc1ccccc1-c1cc(=O)n(-c2ccc(Br)cc2)n1C(C)=O. The van der Waals surface area contributed by atoms with Gasteiger partial charge >= 0.3 is 5.97 Å². The molecule has 7 heteroatoms. The van der Waals surface area contributed by atoms with E-state index in [-0.39, 0.29) is 17.2 Å². The Labute approximate surface area is 157 Å². The van der Waals surface area contributed by atoms with Gasteiger partial charge in [-0.05, 0) is 36.4 Å². The molecule has 0 saturated heterocycles. The predicted molar refractivity (Wildman–Crippen MR) is 101 cm³/mol. The number of aromatic nitrogens is 2. The van der Waals surface area contributed by atoms with Crippen molar-refractivity contribution in [2.75, 3.05) is 0 Å². The minimum absolute atomic E-state index is 0.281. The third kappa shape index (κ3) is 3.39. The van der Waals surface area contributed by atoms with Crippen LogP contribution in [0.2, 0.25) is 0 Å². The molecule has 26 heavy (non-hydrogen) atoms. The second-order valence-corrected chi connectivity index (χ2v) is 6.49. The summed E-state index contributed by atoms with van der Waals surface area (Å²) in [5.74, 6) is -0.549. The van der Waals surface area contributed by atoms with E-state index >= 15 is 0 Å². The number of para-hydroxylation sites is 1. The van der Waals surface area contributed by atoms with Crippen LogP contribution in [0.4, 0.5) is 0 Å². The van der Waals surface area contributed by atoms with Crippen LogP contribution in [0.5, 0.6) is 5.75 Å². The van der Waals surface area contributed by atoms with Crippen LogP contribution >= 0.6 is 15.9 Å². The molecule has 0 amide bonds. The summed E-state index contributed by atoms with van der Waals surface area (Å²) in [5, 5.41) is 0. The van der Waals surface area contributed by atoms with Gasteiger partial charge in [0.1, 0.15) is 5.75 Å². The molecule has 0 aliphatic rings. The largest absolute Gasteiger partial charge is 0.426 e. The fourth-order valence-corrected chi connectivity index (χ4v) is 2.96. The van der Waals surface area contributed by atoms with Crippen molar-refractivity contribution in [1.82, 2.24) is 9.36 Å². The van der Waals surface area contributed by atoms with Crippen molar-refractivity contribution in [2.24, 2.45) is 0 Å². The fraction of sp³-hybridized carbons (Fsp3) is 0.105. The van der Waals surface area contributed by atoms with Gasteiger partial charge in [-0.2, -0.15) is 0 Å². The van der Waals surface area contributed by atoms with Gasteiger partial charge in [0.25, 0.3) is 5.56 Å². The minimum atomic E-state index is -0.485. The lowest BCUT2D eigenvalue weighted by atomic mass is 10.1. The first-order valence-electron chi connectivity index (χ1n) is 7.78. The molecular weight excluding hydrogens is 400 g/mol. The van der Waals surface area contributed by atoms with Gasteiger partial charge in [-0.15, -0.1) is 0 Å². The van der Waals surface area contributed by atoms with Crippen LogP contribution in [0.3, 0.4) is 0 Å². The van der Waals surface area contributed by atoms with Crippen LogP contribution in [0, 0.1) is 0 Å². The quantitative estimate of drug-likeness (QED) is 0.484. The highest BCUT2D eigenvalue weighted by Crippen LogP contribution is 2.30. The van der Waals surface area contributed by atoms with E-state index in [9.17, 15) is 14.4 Å². The van der Waals surface area contributed by atoms with Gasteiger partial charge in [0.2, 0.25) is 5.91 Å². The van der Waals surface area contributed by atoms with E-state index in [0.29, 0.717) is 16.9 Å². The molecule has 2 aromatic carbocycles. The Morgan fingerprint density at radius 1 is 1.00 bits per heavy atom. The van der Waals surface area contributed by atoms with Crippen LogP contribution < -0.4 is 10.3 Å². The van der Waals surface area contributed by atoms with E-state index in [2.05, 4.69) is 15.9 Å². The average molecular weight is 415 g/mol. The number of rotatable bonds is 3. The molecular formula is C19H15BrN2O4. The third-order valence-corrected chi connectivity index (χ3v) is 4.21. The number of ether oxygens (including phenoxy) is 1. The first-order chi connectivity index (χ1) is 12.4. The molecule has 0 spiro atoms. The number of nitrogens with zero attached hydrogens (tertiary/aromatic N) is 2. The van der Waals surface area contributed by atoms with Crippen LogP contribution in [-0.4, -0.2) is 21.2 Å². The standard InChI is InChI=1S/C19H15BrN2O4/c1-12(23)21-17(16-5-3-4-6-18(16)26-13(2)24)11-19(25)22(21)15-9-7-14(20)8-10-15/h3-11H,1-2H3. The molecule has 6 nitrogen and oxygen atoms in total. The maximum Gasteiger partial charge on any atom is 0.308 e. The number of halogens is 1. The molecule has 0 fully saturated rings. The summed E-state index contributed by atoms with van der Waals surface area (Å²) in [5.41, 5.74) is 1.01. The number of carbonyl (C=O) groups is 2. The lowest BCUT2D eigenvalue weighted by Gasteiger charge is -2.14. The smallest absolute Gasteiger partial charge is 0.308 e. The van der Waals surface area contributed by atoms with Crippen molar-refractivity contribution < 1.29 is 14.3 Å². The molecule has 0 N–H and O–H groups in total. The Kier molecular flexibility index (Phi) is 4.90. The van der Waals surface area contributed by atoms with Crippen molar-refractivity contribution in [1.29, 1.82) is 0 Å². The second-order valence-electron chi connectivity index (χ2n) is 5.58. The van der Waals surface area contributed by atoms with Gasteiger partial charge in [-0.3, -0.25) is 14.4 Å². The number of benzene rings is 2. The summed E-state index contributed by atoms with van der Waals surface area (Å²) in [7, 11) is 0. The topological polar surface area (TPSA) is 70.3 Å². The van der Waals surface area contributed by atoms with Crippen LogP contribution in [0.25, 0.3) is 16.9 Å². The molecule has 0 saturated carbocycles. The Balaban J connectivity index is 2.27. The van der Waals surface area contributed by atoms with Crippen molar-refractivity contribution >= 4 is 27.8 Å². The molecule has 0 aliphatic heterocycles. The molecule has 132 valence electrons. The van der Waals surface area contributed by atoms with Crippen molar-refractivity contribution in [3.8, 4) is 22.7 Å². The Morgan fingerprint density at radius 2 is 1.65 bits per heavy atom. The zero-order valence-electron chi connectivity index (χ0n) is 14.1. The van der Waals surface area contributed by atoms with E-state index in [1.165, 1.54) is 29.3 Å². The number of hydrogen-bond donors (Lipinski definition) is 0. The van der Waals surface area contributed by atoms with Crippen molar-refractivity contribution in [3.63, 3.8) is 0 Å².